The Labute approximate surface area is 154 Å². The van der Waals surface area contributed by atoms with Crippen molar-refractivity contribution in [1.29, 1.82) is 0 Å². The minimum atomic E-state index is 0.0283. The molecule has 3 rings (SSSR count). The van der Waals surface area contributed by atoms with Crippen molar-refractivity contribution in [3.63, 3.8) is 0 Å². The van der Waals surface area contributed by atoms with E-state index in [0.29, 0.717) is 18.7 Å². The highest BCUT2D eigenvalue weighted by molar-refractivity contribution is 5.98. The lowest BCUT2D eigenvalue weighted by molar-refractivity contribution is -0.132. The van der Waals surface area contributed by atoms with E-state index in [-0.39, 0.29) is 24.5 Å². The number of ketones is 1. The summed E-state index contributed by atoms with van der Waals surface area (Å²) in [5.41, 5.74) is 5.35. The highest BCUT2D eigenvalue weighted by Gasteiger charge is 2.21. The van der Waals surface area contributed by atoms with Crippen molar-refractivity contribution in [1.82, 2.24) is 4.90 Å². The number of aryl methyl sites for hydroxylation is 2. The van der Waals surface area contributed by atoms with Crippen LogP contribution in [0, 0.1) is 13.8 Å². The first-order valence-electron chi connectivity index (χ1n) is 9.02. The normalized spacial score (nSPS) is 13.3. The monoisotopic (exact) mass is 351 g/mol. The molecule has 1 aliphatic heterocycles. The first-order chi connectivity index (χ1) is 12.5. The van der Waals surface area contributed by atoms with Gasteiger partial charge in [-0.25, -0.2) is 0 Å². The number of benzene rings is 2. The lowest BCUT2D eigenvalue weighted by atomic mass is 9.98. The summed E-state index contributed by atoms with van der Waals surface area (Å²) in [6.45, 7) is 5.31. The predicted molar refractivity (Wildman–Crippen MR) is 102 cm³/mol. The molecule has 1 heterocycles. The zero-order chi connectivity index (χ0) is 18.7. The lowest BCUT2D eigenvalue weighted by Crippen LogP contribution is -2.36. The van der Waals surface area contributed by atoms with E-state index in [1.807, 2.05) is 49.1 Å². The maximum atomic E-state index is 12.6. The van der Waals surface area contributed by atoms with E-state index in [9.17, 15) is 9.59 Å². The van der Waals surface area contributed by atoms with E-state index in [0.717, 1.165) is 23.3 Å². The van der Waals surface area contributed by atoms with Crippen LogP contribution in [0.3, 0.4) is 0 Å². The minimum Gasteiger partial charge on any atom is -0.497 e. The SMILES string of the molecule is COc1ccc2c(c1)CN(C(=O)CCC(=O)c1ccc(C)c(C)c1)CC2. The van der Waals surface area contributed by atoms with Gasteiger partial charge in [-0.15, -0.1) is 0 Å². The Hall–Kier alpha value is -2.62. The van der Waals surface area contributed by atoms with Crippen molar-refractivity contribution in [3.8, 4) is 5.75 Å². The molecule has 1 amide bonds. The van der Waals surface area contributed by atoms with E-state index in [2.05, 4.69) is 6.07 Å². The summed E-state index contributed by atoms with van der Waals surface area (Å²) >= 11 is 0. The third-order valence-corrected chi connectivity index (χ3v) is 5.17. The summed E-state index contributed by atoms with van der Waals surface area (Å²) < 4.78 is 5.27. The molecular weight excluding hydrogens is 326 g/mol. The van der Waals surface area contributed by atoms with Crippen LogP contribution in [-0.4, -0.2) is 30.2 Å². The minimum absolute atomic E-state index is 0.0283. The van der Waals surface area contributed by atoms with Gasteiger partial charge in [-0.05, 0) is 60.7 Å². The molecule has 0 N–H and O–H groups in total. The van der Waals surface area contributed by atoms with Crippen LogP contribution in [-0.2, 0) is 17.8 Å². The van der Waals surface area contributed by atoms with Crippen LogP contribution in [0.2, 0.25) is 0 Å². The smallest absolute Gasteiger partial charge is 0.223 e. The molecule has 26 heavy (non-hydrogen) atoms. The number of hydrogen-bond donors (Lipinski definition) is 0. The predicted octanol–water partition coefficient (Wildman–Crippen LogP) is 3.86. The highest BCUT2D eigenvalue weighted by atomic mass is 16.5. The Balaban J connectivity index is 1.60. The van der Waals surface area contributed by atoms with Crippen LogP contribution in [0.25, 0.3) is 0 Å². The Morgan fingerprint density at radius 2 is 1.81 bits per heavy atom. The average molecular weight is 351 g/mol. The molecule has 2 aromatic rings. The largest absolute Gasteiger partial charge is 0.497 e. The topological polar surface area (TPSA) is 46.6 Å². The molecule has 0 aliphatic carbocycles. The van der Waals surface area contributed by atoms with Gasteiger partial charge in [0.25, 0.3) is 0 Å². The van der Waals surface area contributed by atoms with Gasteiger partial charge in [-0.3, -0.25) is 9.59 Å². The van der Waals surface area contributed by atoms with Crippen LogP contribution >= 0.6 is 0 Å². The molecule has 0 spiro atoms. The number of carbonyl (C=O) groups excluding carboxylic acids is 2. The molecular formula is C22H25NO3. The second kappa shape index (κ2) is 7.73. The molecule has 4 heteroatoms. The van der Waals surface area contributed by atoms with Crippen LogP contribution in [0.5, 0.6) is 5.75 Å². The zero-order valence-electron chi connectivity index (χ0n) is 15.7. The summed E-state index contributed by atoms with van der Waals surface area (Å²) in [5, 5.41) is 0. The van der Waals surface area contributed by atoms with Gasteiger partial charge in [0.15, 0.2) is 5.78 Å². The third-order valence-electron chi connectivity index (χ3n) is 5.17. The third kappa shape index (κ3) is 3.96. The van der Waals surface area contributed by atoms with Crippen LogP contribution in [0.1, 0.15) is 45.5 Å². The number of ether oxygens (including phenoxy) is 1. The Bertz CT molecular complexity index is 841. The van der Waals surface area contributed by atoms with Crippen molar-refractivity contribution >= 4 is 11.7 Å². The fraction of sp³-hybridized carbons (Fsp3) is 0.364. The van der Waals surface area contributed by atoms with Gasteiger partial charge in [-0.2, -0.15) is 0 Å². The molecule has 136 valence electrons. The molecule has 0 atom stereocenters. The highest BCUT2D eigenvalue weighted by Crippen LogP contribution is 2.24. The van der Waals surface area contributed by atoms with Crippen molar-refractivity contribution in [2.24, 2.45) is 0 Å². The molecule has 0 bridgehead atoms. The number of amides is 1. The number of rotatable bonds is 5. The molecule has 0 aromatic heterocycles. The summed E-state index contributed by atoms with van der Waals surface area (Å²) in [6, 6.07) is 11.7. The molecule has 0 saturated carbocycles. The molecule has 0 fully saturated rings. The molecule has 4 nitrogen and oxygen atoms in total. The van der Waals surface area contributed by atoms with E-state index in [1.165, 1.54) is 11.1 Å². The summed E-state index contributed by atoms with van der Waals surface area (Å²) in [7, 11) is 1.64. The lowest BCUT2D eigenvalue weighted by Gasteiger charge is -2.29. The zero-order valence-corrected chi connectivity index (χ0v) is 15.7. The second-order valence-electron chi connectivity index (χ2n) is 6.92. The van der Waals surface area contributed by atoms with Crippen molar-refractivity contribution < 1.29 is 14.3 Å². The van der Waals surface area contributed by atoms with E-state index < -0.39 is 0 Å². The van der Waals surface area contributed by atoms with Crippen molar-refractivity contribution in [2.75, 3.05) is 13.7 Å². The summed E-state index contributed by atoms with van der Waals surface area (Å²) in [6.07, 6.45) is 1.35. The fourth-order valence-electron chi connectivity index (χ4n) is 3.31. The molecule has 0 radical (unpaired) electrons. The Kier molecular flexibility index (Phi) is 5.40. The van der Waals surface area contributed by atoms with Gasteiger partial charge in [0, 0.05) is 31.5 Å². The van der Waals surface area contributed by atoms with Gasteiger partial charge in [0.1, 0.15) is 5.75 Å². The maximum absolute atomic E-state index is 12.6. The quantitative estimate of drug-likeness (QED) is 0.769. The van der Waals surface area contributed by atoms with E-state index in [4.69, 9.17) is 4.74 Å². The maximum Gasteiger partial charge on any atom is 0.223 e. The molecule has 0 saturated heterocycles. The van der Waals surface area contributed by atoms with Crippen molar-refractivity contribution in [3.05, 3.63) is 64.2 Å². The second-order valence-corrected chi connectivity index (χ2v) is 6.92. The van der Waals surface area contributed by atoms with Crippen LogP contribution < -0.4 is 4.74 Å². The number of methoxy groups -OCH3 is 1. The number of Topliss-reactive ketones (excluding diaryl/α,β-unsaturated/α-hetero) is 1. The van der Waals surface area contributed by atoms with E-state index >= 15 is 0 Å². The summed E-state index contributed by atoms with van der Waals surface area (Å²) in [4.78, 5) is 26.8. The number of fused-ring (bicyclic) bond motifs is 1. The molecule has 1 aliphatic rings. The van der Waals surface area contributed by atoms with Gasteiger partial charge < -0.3 is 9.64 Å². The Morgan fingerprint density at radius 1 is 1.00 bits per heavy atom. The number of nitrogens with zero attached hydrogens (tertiary/aromatic N) is 1. The molecule has 2 aromatic carbocycles. The fourth-order valence-corrected chi connectivity index (χ4v) is 3.31. The number of carbonyl (C=O) groups is 2. The number of hydrogen-bond acceptors (Lipinski definition) is 3. The van der Waals surface area contributed by atoms with E-state index in [1.54, 1.807) is 7.11 Å². The van der Waals surface area contributed by atoms with Gasteiger partial charge in [0.05, 0.1) is 7.11 Å². The van der Waals surface area contributed by atoms with Crippen LogP contribution in [0.4, 0.5) is 0 Å². The first kappa shape index (κ1) is 18.2. The summed E-state index contributed by atoms with van der Waals surface area (Å²) in [5.74, 6) is 0.874. The van der Waals surface area contributed by atoms with Crippen molar-refractivity contribution in [2.45, 2.75) is 39.7 Å². The average Bonchev–Trinajstić information content (AvgIpc) is 2.66. The Morgan fingerprint density at radius 3 is 2.54 bits per heavy atom. The van der Waals surface area contributed by atoms with Crippen LogP contribution in [0.15, 0.2) is 36.4 Å². The van der Waals surface area contributed by atoms with Gasteiger partial charge in [-0.1, -0.05) is 18.2 Å². The van der Waals surface area contributed by atoms with Gasteiger partial charge >= 0.3 is 0 Å². The molecule has 0 unspecified atom stereocenters. The standard InChI is InChI=1S/C22H25NO3/c1-15-4-5-18(12-16(15)2)21(24)8-9-22(25)23-11-10-17-6-7-20(26-3)13-19(17)14-23/h4-7,12-13H,8-11,14H2,1-3H3. The van der Waals surface area contributed by atoms with Gasteiger partial charge in [0.2, 0.25) is 5.91 Å². The first-order valence-corrected chi connectivity index (χ1v) is 9.02.